The zero-order valence-electron chi connectivity index (χ0n) is 14.1. The van der Waals surface area contributed by atoms with Crippen LogP contribution in [0.2, 0.25) is 0 Å². The molecule has 7 heteroatoms. The Morgan fingerprint density at radius 1 is 1.33 bits per heavy atom. The van der Waals surface area contributed by atoms with Gasteiger partial charge in [0.1, 0.15) is 0 Å². The van der Waals surface area contributed by atoms with Gasteiger partial charge in [0.2, 0.25) is 0 Å². The molecule has 4 rings (SSSR count). The molecule has 1 aliphatic rings. The third-order valence-corrected chi connectivity index (χ3v) is 4.69. The molecule has 0 bridgehead atoms. The second-order valence-electron chi connectivity index (χ2n) is 6.64. The maximum absolute atomic E-state index is 12.1. The van der Waals surface area contributed by atoms with Crippen molar-refractivity contribution < 1.29 is 0 Å². The highest BCUT2D eigenvalue weighted by molar-refractivity contribution is 5.36. The average molecular weight is 326 g/mol. The minimum absolute atomic E-state index is 0.0629. The number of aryl methyl sites for hydroxylation is 2. The van der Waals surface area contributed by atoms with Crippen LogP contribution in [0.3, 0.4) is 0 Å². The number of nitrogens with one attached hydrogen (secondary N) is 1. The number of likely N-dealkylation sites (tertiary alicyclic amines) is 1. The van der Waals surface area contributed by atoms with Crippen molar-refractivity contribution in [1.82, 2.24) is 29.3 Å². The van der Waals surface area contributed by atoms with Crippen molar-refractivity contribution in [3.05, 3.63) is 51.8 Å². The molecule has 1 N–H and O–H groups in total. The number of piperidine rings is 1. The van der Waals surface area contributed by atoms with Gasteiger partial charge < -0.3 is 0 Å². The fourth-order valence-electron chi connectivity index (χ4n) is 3.68. The number of fused-ring (bicyclic) bond motifs is 1. The zero-order valence-corrected chi connectivity index (χ0v) is 14.1. The summed E-state index contributed by atoms with van der Waals surface area (Å²) in [5, 5.41) is 7.51. The molecule has 1 unspecified atom stereocenters. The Labute approximate surface area is 139 Å². The van der Waals surface area contributed by atoms with E-state index >= 15 is 0 Å². The molecule has 0 amide bonds. The number of hydrogen-bond acceptors (Lipinski definition) is 4. The standard InChI is InChI=1S/C17H22N6O/c1-12-8-13(2)22(20-12)15-4-3-7-21(11-15)10-14-9-17(24)23-16(19-14)5-6-18-23/h5-6,8-9,15,18H,3-4,7,10-11H2,1-2H3. The lowest BCUT2D eigenvalue weighted by Gasteiger charge is -2.33. The van der Waals surface area contributed by atoms with E-state index in [4.69, 9.17) is 0 Å². The first-order chi connectivity index (χ1) is 11.6. The van der Waals surface area contributed by atoms with Gasteiger partial charge in [-0.15, -0.1) is 0 Å². The largest absolute Gasteiger partial charge is 0.297 e. The smallest absolute Gasteiger partial charge is 0.272 e. The predicted molar refractivity (Wildman–Crippen MR) is 91.1 cm³/mol. The van der Waals surface area contributed by atoms with Crippen molar-refractivity contribution in [2.75, 3.05) is 13.1 Å². The summed E-state index contributed by atoms with van der Waals surface area (Å²) in [6.07, 6.45) is 4.01. The lowest BCUT2D eigenvalue weighted by molar-refractivity contribution is 0.160. The highest BCUT2D eigenvalue weighted by Crippen LogP contribution is 2.23. The second-order valence-corrected chi connectivity index (χ2v) is 6.64. The van der Waals surface area contributed by atoms with Crippen LogP contribution in [0.4, 0.5) is 0 Å². The van der Waals surface area contributed by atoms with Crippen molar-refractivity contribution in [3.63, 3.8) is 0 Å². The summed E-state index contributed by atoms with van der Waals surface area (Å²) in [6.45, 7) is 6.82. The summed E-state index contributed by atoms with van der Waals surface area (Å²) in [7, 11) is 0. The van der Waals surface area contributed by atoms with Gasteiger partial charge in [-0.3, -0.25) is 19.5 Å². The van der Waals surface area contributed by atoms with E-state index in [1.54, 1.807) is 12.3 Å². The third-order valence-electron chi connectivity index (χ3n) is 4.69. The van der Waals surface area contributed by atoms with Gasteiger partial charge >= 0.3 is 0 Å². The normalized spacial score (nSPS) is 19.2. The SMILES string of the molecule is Cc1cc(C)n(C2CCCN(Cc3cc(=O)n4[nH]ccc4n3)C2)n1. The van der Waals surface area contributed by atoms with Crippen LogP contribution in [0.5, 0.6) is 0 Å². The van der Waals surface area contributed by atoms with E-state index in [2.05, 4.69) is 37.8 Å². The molecule has 1 saturated heterocycles. The van der Waals surface area contributed by atoms with Crippen molar-refractivity contribution in [2.24, 2.45) is 0 Å². The highest BCUT2D eigenvalue weighted by atomic mass is 16.1. The summed E-state index contributed by atoms with van der Waals surface area (Å²) in [4.78, 5) is 19.0. The lowest BCUT2D eigenvalue weighted by atomic mass is 10.1. The molecule has 0 saturated carbocycles. The van der Waals surface area contributed by atoms with E-state index < -0.39 is 0 Å². The number of rotatable bonds is 3. The van der Waals surface area contributed by atoms with Crippen LogP contribution < -0.4 is 5.56 Å². The highest BCUT2D eigenvalue weighted by Gasteiger charge is 2.23. The quantitative estimate of drug-likeness (QED) is 0.795. The topological polar surface area (TPSA) is 71.2 Å². The molecular formula is C17H22N6O. The van der Waals surface area contributed by atoms with Crippen LogP contribution in [-0.4, -0.2) is 42.4 Å². The maximum Gasteiger partial charge on any atom is 0.272 e. The van der Waals surface area contributed by atoms with Gasteiger partial charge in [-0.05, 0) is 39.3 Å². The molecule has 1 atom stereocenters. The number of nitrogens with zero attached hydrogens (tertiary/aromatic N) is 5. The van der Waals surface area contributed by atoms with Gasteiger partial charge in [0.25, 0.3) is 5.56 Å². The molecular weight excluding hydrogens is 304 g/mol. The molecule has 0 aromatic carbocycles. The van der Waals surface area contributed by atoms with Gasteiger partial charge in [-0.25, -0.2) is 9.50 Å². The fourth-order valence-corrected chi connectivity index (χ4v) is 3.68. The van der Waals surface area contributed by atoms with Crippen molar-refractivity contribution in [2.45, 2.75) is 39.3 Å². The Morgan fingerprint density at radius 2 is 2.21 bits per heavy atom. The number of H-pyrrole nitrogens is 1. The second kappa shape index (κ2) is 5.90. The maximum atomic E-state index is 12.1. The van der Waals surface area contributed by atoms with Crippen LogP contribution in [0.25, 0.3) is 5.65 Å². The number of aromatic amines is 1. The summed E-state index contributed by atoms with van der Waals surface area (Å²) in [5.74, 6) is 0. The van der Waals surface area contributed by atoms with Crippen LogP contribution in [0.15, 0.2) is 29.2 Å². The molecule has 3 aromatic heterocycles. The van der Waals surface area contributed by atoms with Crippen LogP contribution in [-0.2, 0) is 6.54 Å². The molecule has 0 radical (unpaired) electrons. The van der Waals surface area contributed by atoms with E-state index in [0.29, 0.717) is 18.2 Å². The van der Waals surface area contributed by atoms with Gasteiger partial charge in [0.05, 0.1) is 17.4 Å². The molecule has 1 aliphatic heterocycles. The molecule has 24 heavy (non-hydrogen) atoms. The van der Waals surface area contributed by atoms with E-state index in [1.165, 1.54) is 10.2 Å². The third kappa shape index (κ3) is 2.75. The summed E-state index contributed by atoms with van der Waals surface area (Å²) < 4.78 is 3.61. The Bertz CT molecular complexity index is 921. The first kappa shape index (κ1) is 15.1. The Hall–Kier alpha value is -2.41. The predicted octanol–water partition coefficient (Wildman–Crippen LogP) is 1.67. The van der Waals surface area contributed by atoms with Crippen LogP contribution >= 0.6 is 0 Å². The minimum Gasteiger partial charge on any atom is -0.297 e. The van der Waals surface area contributed by atoms with Crippen LogP contribution in [0, 0.1) is 13.8 Å². The van der Waals surface area contributed by atoms with Gasteiger partial charge in [-0.2, -0.15) is 5.10 Å². The molecule has 3 aromatic rings. The Balaban J connectivity index is 1.53. The van der Waals surface area contributed by atoms with Crippen molar-refractivity contribution in [1.29, 1.82) is 0 Å². The van der Waals surface area contributed by atoms with E-state index in [9.17, 15) is 4.79 Å². The molecule has 1 fully saturated rings. The molecule has 0 aliphatic carbocycles. The average Bonchev–Trinajstić information content (AvgIpc) is 3.14. The minimum atomic E-state index is -0.0629. The monoisotopic (exact) mass is 326 g/mol. The fraction of sp³-hybridized carbons (Fsp3) is 0.471. The molecule has 4 heterocycles. The summed E-state index contributed by atoms with van der Waals surface area (Å²) in [5.41, 5.74) is 3.71. The number of aromatic nitrogens is 5. The molecule has 126 valence electrons. The molecule has 7 nitrogen and oxygen atoms in total. The Kier molecular flexibility index (Phi) is 3.72. The van der Waals surface area contributed by atoms with Gasteiger partial charge in [-0.1, -0.05) is 0 Å². The van der Waals surface area contributed by atoms with Crippen LogP contribution in [0.1, 0.15) is 36.0 Å². The number of hydrogen-bond donors (Lipinski definition) is 1. The lowest BCUT2D eigenvalue weighted by Crippen LogP contribution is -2.37. The van der Waals surface area contributed by atoms with E-state index in [-0.39, 0.29) is 5.56 Å². The van der Waals surface area contributed by atoms with Gasteiger partial charge in [0.15, 0.2) is 5.65 Å². The van der Waals surface area contributed by atoms with Crippen molar-refractivity contribution in [3.8, 4) is 0 Å². The Morgan fingerprint density at radius 3 is 3.00 bits per heavy atom. The molecule has 0 spiro atoms. The zero-order chi connectivity index (χ0) is 16.7. The van der Waals surface area contributed by atoms with E-state index in [0.717, 1.165) is 37.3 Å². The van der Waals surface area contributed by atoms with Crippen molar-refractivity contribution >= 4 is 5.65 Å². The summed E-state index contributed by atoms with van der Waals surface area (Å²) in [6, 6.07) is 5.96. The first-order valence-electron chi connectivity index (χ1n) is 8.41. The summed E-state index contributed by atoms with van der Waals surface area (Å²) >= 11 is 0. The van der Waals surface area contributed by atoms with E-state index in [1.807, 2.05) is 13.0 Å². The van der Waals surface area contributed by atoms with Gasteiger partial charge in [0, 0.05) is 37.1 Å². The first-order valence-corrected chi connectivity index (χ1v) is 8.41.